The van der Waals surface area contributed by atoms with E-state index in [1.165, 1.54) is 18.2 Å². The predicted molar refractivity (Wildman–Crippen MR) is 74.4 cm³/mol. The normalized spacial score (nSPS) is 10.2. The average molecular weight is 323 g/mol. The number of carbonyl (C=O) groups excluding carboxylic acids is 1. The lowest BCUT2D eigenvalue weighted by Gasteiger charge is -2.10. The summed E-state index contributed by atoms with van der Waals surface area (Å²) in [5, 5.41) is 21.8. The minimum atomic E-state index is -0.595. The zero-order chi connectivity index (χ0) is 14.0. The van der Waals surface area contributed by atoms with Crippen LogP contribution in [-0.2, 0) is 0 Å². The molecule has 0 aliphatic rings. The van der Waals surface area contributed by atoms with E-state index in [1.807, 2.05) is 0 Å². The van der Waals surface area contributed by atoms with Crippen LogP contribution in [0.3, 0.4) is 0 Å². The van der Waals surface area contributed by atoms with Gasteiger partial charge < -0.3 is 15.5 Å². The highest BCUT2D eigenvalue weighted by Crippen LogP contribution is 2.27. The van der Waals surface area contributed by atoms with Gasteiger partial charge in [0.05, 0.1) is 11.4 Å². The zero-order valence-electron chi connectivity index (χ0n) is 10.0. The molecule has 98 valence electrons. The van der Waals surface area contributed by atoms with E-state index in [1.54, 1.807) is 19.1 Å². The molecule has 0 fully saturated rings. The lowest BCUT2D eigenvalue weighted by molar-refractivity contribution is 0.102. The van der Waals surface area contributed by atoms with E-state index < -0.39 is 5.91 Å². The Morgan fingerprint density at radius 2 is 1.84 bits per heavy atom. The maximum absolute atomic E-state index is 12.0. The summed E-state index contributed by atoms with van der Waals surface area (Å²) in [7, 11) is 0. The number of hydrogen-bond donors (Lipinski definition) is 3. The molecule has 0 aliphatic heterocycles. The number of benzene rings is 1. The Kier molecular flexibility index (Phi) is 3.71. The molecule has 0 aliphatic carbocycles. The maximum Gasteiger partial charge on any atom is 0.263 e. The summed E-state index contributed by atoms with van der Waals surface area (Å²) in [6, 6.07) is 7.49. The standard InChI is InChI=1S/C13H11BrN2O3/c1-7-8(5-6-11(14)15-7)16-13(19)12-9(17)3-2-4-10(12)18/h2-6,17-18H,1H3,(H,16,19). The fraction of sp³-hybridized carbons (Fsp3) is 0.0769. The van der Waals surface area contributed by atoms with Crippen molar-refractivity contribution in [2.24, 2.45) is 0 Å². The van der Waals surface area contributed by atoms with Crippen LogP contribution in [0, 0.1) is 6.92 Å². The van der Waals surface area contributed by atoms with Crippen molar-refractivity contribution < 1.29 is 15.0 Å². The predicted octanol–water partition coefficient (Wildman–Crippen LogP) is 2.82. The number of rotatable bonds is 2. The molecule has 1 aromatic heterocycles. The Balaban J connectivity index is 2.31. The first-order valence-electron chi connectivity index (χ1n) is 5.44. The van der Waals surface area contributed by atoms with Crippen molar-refractivity contribution in [2.45, 2.75) is 6.92 Å². The van der Waals surface area contributed by atoms with Gasteiger partial charge in [-0.15, -0.1) is 0 Å². The summed E-state index contributed by atoms with van der Waals surface area (Å²) in [6.07, 6.45) is 0. The number of pyridine rings is 1. The zero-order valence-corrected chi connectivity index (χ0v) is 11.6. The Bertz CT molecular complexity index is 624. The third-order valence-corrected chi connectivity index (χ3v) is 2.99. The second kappa shape index (κ2) is 5.27. The van der Waals surface area contributed by atoms with Crippen LogP contribution in [0.4, 0.5) is 5.69 Å². The lowest BCUT2D eigenvalue weighted by atomic mass is 10.1. The molecule has 0 saturated heterocycles. The van der Waals surface area contributed by atoms with Crippen molar-refractivity contribution in [2.75, 3.05) is 5.32 Å². The number of halogens is 1. The Morgan fingerprint density at radius 1 is 1.21 bits per heavy atom. The highest BCUT2D eigenvalue weighted by atomic mass is 79.9. The Morgan fingerprint density at radius 3 is 2.42 bits per heavy atom. The van der Waals surface area contributed by atoms with Gasteiger partial charge in [0.15, 0.2) is 0 Å². The van der Waals surface area contributed by atoms with E-state index in [4.69, 9.17) is 0 Å². The molecule has 0 bridgehead atoms. The molecule has 0 atom stereocenters. The van der Waals surface area contributed by atoms with Gasteiger partial charge in [0, 0.05) is 0 Å². The molecule has 19 heavy (non-hydrogen) atoms. The molecule has 0 saturated carbocycles. The van der Waals surface area contributed by atoms with E-state index in [0.717, 1.165) is 0 Å². The molecule has 1 amide bonds. The van der Waals surface area contributed by atoms with Crippen molar-refractivity contribution in [3.05, 3.63) is 46.2 Å². The van der Waals surface area contributed by atoms with E-state index in [9.17, 15) is 15.0 Å². The number of hydrogen-bond acceptors (Lipinski definition) is 4. The van der Waals surface area contributed by atoms with Gasteiger partial charge >= 0.3 is 0 Å². The monoisotopic (exact) mass is 322 g/mol. The maximum atomic E-state index is 12.0. The smallest absolute Gasteiger partial charge is 0.263 e. The van der Waals surface area contributed by atoms with Crippen LogP contribution in [0.2, 0.25) is 0 Å². The molecule has 2 rings (SSSR count). The Hall–Kier alpha value is -2.08. The van der Waals surface area contributed by atoms with Crippen molar-refractivity contribution in [3.8, 4) is 11.5 Å². The van der Waals surface area contributed by atoms with Gasteiger partial charge in [-0.3, -0.25) is 4.79 Å². The lowest BCUT2D eigenvalue weighted by Crippen LogP contribution is -2.13. The van der Waals surface area contributed by atoms with Crippen molar-refractivity contribution in [1.29, 1.82) is 0 Å². The number of aryl methyl sites for hydroxylation is 1. The highest BCUT2D eigenvalue weighted by Gasteiger charge is 2.16. The summed E-state index contributed by atoms with van der Waals surface area (Å²) < 4.78 is 0.661. The second-order valence-corrected chi connectivity index (χ2v) is 4.70. The highest BCUT2D eigenvalue weighted by molar-refractivity contribution is 9.10. The SMILES string of the molecule is Cc1nc(Br)ccc1NC(=O)c1c(O)cccc1O. The number of nitrogens with one attached hydrogen (secondary N) is 1. The minimum Gasteiger partial charge on any atom is -0.507 e. The van der Waals surface area contributed by atoms with Gasteiger partial charge in [-0.2, -0.15) is 0 Å². The molecular formula is C13H11BrN2O3. The molecule has 0 spiro atoms. The Labute approximate surface area is 118 Å². The summed E-state index contributed by atoms with van der Waals surface area (Å²) >= 11 is 3.23. The van der Waals surface area contributed by atoms with E-state index in [0.29, 0.717) is 16.0 Å². The third-order valence-electron chi connectivity index (χ3n) is 2.55. The molecule has 1 aromatic carbocycles. The molecule has 0 radical (unpaired) electrons. The summed E-state index contributed by atoms with van der Waals surface area (Å²) in [5.41, 5.74) is 0.971. The topological polar surface area (TPSA) is 82.5 Å². The van der Waals surface area contributed by atoms with Crippen LogP contribution in [0.15, 0.2) is 34.9 Å². The van der Waals surface area contributed by atoms with Crippen LogP contribution in [0.25, 0.3) is 0 Å². The van der Waals surface area contributed by atoms with Crippen molar-refractivity contribution in [1.82, 2.24) is 4.98 Å². The molecule has 2 aromatic rings. The quantitative estimate of drug-likeness (QED) is 0.742. The number of nitrogens with zero attached hydrogens (tertiary/aromatic N) is 1. The largest absolute Gasteiger partial charge is 0.507 e. The van der Waals surface area contributed by atoms with Gasteiger partial charge in [-0.1, -0.05) is 6.07 Å². The van der Waals surface area contributed by atoms with Crippen LogP contribution < -0.4 is 5.32 Å². The first-order valence-corrected chi connectivity index (χ1v) is 6.24. The minimum absolute atomic E-state index is 0.162. The van der Waals surface area contributed by atoms with Gasteiger partial charge in [0.2, 0.25) is 0 Å². The fourth-order valence-corrected chi connectivity index (χ4v) is 2.01. The van der Waals surface area contributed by atoms with Crippen LogP contribution >= 0.6 is 15.9 Å². The fourth-order valence-electron chi connectivity index (χ4n) is 1.61. The number of amides is 1. The molecule has 3 N–H and O–H groups in total. The summed E-state index contributed by atoms with van der Waals surface area (Å²) in [5.74, 6) is -1.15. The number of aromatic nitrogens is 1. The van der Waals surface area contributed by atoms with E-state index >= 15 is 0 Å². The van der Waals surface area contributed by atoms with Crippen LogP contribution in [0.1, 0.15) is 16.1 Å². The summed E-state index contributed by atoms with van der Waals surface area (Å²) in [6.45, 7) is 1.74. The first-order chi connectivity index (χ1) is 8.99. The number of anilines is 1. The number of phenols is 2. The summed E-state index contributed by atoms with van der Waals surface area (Å²) in [4.78, 5) is 16.2. The van der Waals surface area contributed by atoms with Crippen LogP contribution in [-0.4, -0.2) is 21.1 Å². The third kappa shape index (κ3) is 2.85. The molecular weight excluding hydrogens is 312 g/mol. The first kappa shape index (κ1) is 13.4. The van der Waals surface area contributed by atoms with E-state index in [-0.39, 0.29) is 17.1 Å². The van der Waals surface area contributed by atoms with Gasteiger partial charge in [0.25, 0.3) is 5.91 Å². The van der Waals surface area contributed by atoms with Crippen LogP contribution in [0.5, 0.6) is 11.5 Å². The number of aromatic hydroxyl groups is 2. The van der Waals surface area contributed by atoms with Gasteiger partial charge in [0.1, 0.15) is 21.7 Å². The van der Waals surface area contributed by atoms with Crippen molar-refractivity contribution in [3.63, 3.8) is 0 Å². The van der Waals surface area contributed by atoms with Gasteiger partial charge in [-0.05, 0) is 47.1 Å². The van der Waals surface area contributed by atoms with E-state index in [2.05, 4.69) is 26.2 Å². The number of carbonyl (C=O) groups is 1. The molecule has 6 heteroatoms. The molecule has 5 nitrogen and oxygen atoms in total. The average Bonchev–Trinajstić information content (AvgIpc) is 2.32. The number of phenolic OH excluding ortho intramolecular Hbond substituents is 2. The molecule has 0 unspecified atom stereocenters. The van der Waals surface area contributed by atoms with Crippen molar-refractivity contribution >= 4 is 27.5 Å². The van der Waals surface area contributed by atoms with Gasteiger partial charge in [-0.25, -0.2) is 4.98 Å². The molecule has 1 heterocycles. The second-order valence-electron chi connectivity index (χ2n) is 3.89.